The van der Waals surface area contributed by atoms with Gasteiger partial charge in [-0.2, -0.15) is 9.78 Å². The van der Waals surface area contributed by atoms with Crippen LogP contribution in [0.1, 0.15) is 16.7 Å². The van der Waals surface area contributed by atoms with Gasteiger partial charge in [0.1, 0.15) is 12.2 Å². The van der Waals surface area contributed by atoms with Gasteiger partial charge < -0.3 is 13.9 Å². The van der Waals surface area contributed by atoms with E-state index in [-0.39, 0.29) is 11.4 Å². The SMILES string of the molecule is C=CCc1cc(C=Nn2c(-c3cc4cc(Cl)ccc4o3)nc3ccccc3c2=O)cc(OC)c1OCc1ccc(Br)cc1. The van der Waals surface area contributed by atoms with Crippen LogP contribution in [0.5, 0.6) is 11.5 Å². The van der Waals surface area contributed by atoms with Crippen LogP contribution in [-0.2, 0) is 13.0 Å². The maximum Gasteiger partial charge on any atom is 0.282 e. The Hall–Kier alpha value is -4.66. The Morgan fingerprint density at radius 1 is 1.07 bits per heavy atom. The number of allylic oxidation sites excluding steroid dienone is 1. The maximum absolute atomic E-state index is 13.7. The number of benzene rings is 4. The summed E-state index contributed by atoms with van der Waals surface area (Å²) in [6, 6.07) is 25.9. The summed E-state index contributed by atoms with van der Waals surface area (Å²) < 4.78 is 20.3. The van der Waals surface area contributed by atoms with Crippen LogP contribution >= 0.6 is 27.5 Å². The Morgan fingerprint density at radius 2 is 1.88 bits per heavy atom. The summed E-state index contributed by atoms with van der Waals surface area (Å²) in [5, 5.41) is 6.41. The highest BCUT2D eigenvalue weighted by Crippen LogP contribution is 2.34. The number of rotatable bonds is 9. The van der Waals surface area contributed by atoms with Crippen LogP contribution in [0, 0.1) is 0 Å². The monoisotopic (exact) mass is 653 g/mol. The zero-order chi connectivity index (χ0) is 29.9. The quantitative estimate of drug-likeness (QED) is 0.116. The second-order valence-corrected chi connectivity index (χ2v) is 11.1. The van der Waals surface area contributed by atoms with E-state index in [1.807, 2.05) is 42.5 Å². The van der Waals surface area contributed by atoms with Crippen LogP contribution in [0.15, 0.2) is 116 Å². The summed E-state index contributed by atoms with van der Waals surface area (Å²) in [5.41, 5.74) is 3.41. The molecule has 0 fully saturated rings. The van der Waals surface area contributed by atoms with E-state index in [4.69, 9.17) is 30.5 Å². The summed E-state index contributed by atoms with van der Waals surface area (Å²) in [4.78, 5) is 18.4. The van der Waals surface area contributed by atoms with Crippen molar-refractivity contribution in [1.82, 2.24) is 9.66 Å². The van der Waals surface area contributed by atoms with Gasteiger partial charge in [-0.1, -0.05) is 57.9 Å². The number of furan rings is 1. The first-order chi connectivity index (χ1) is 20.9. The highest BCUT2D eigenvalue weighted by Gasteiger charge is 2.17. The van der Waals surface area contributed by atoms with Crippen molar-refractivity contribution < 1.29 is 13.9 Å². The van der Waals surface area contributed by atoms with Crippen molar-refractivity contribution in [3.63, 3.8) is 0 Å². The molecule has 6 aromatic rings. The molecule has 0 aliphatic rings. The minimum atomic E-state index is -0.330. The Labute approximate surface area is 260 Å². The fraction of sp³-hybridized carbons (Fsp3) is 0.0882. The first kappa shape index (κ1) is 28.5. The number of para-hydroxylation sites is 1. The van der Waals surface area contributed by atoms with Gasteiger partial charge in [-0.05, 0) is 78.2 Å². The number of nitrogens with zero attached hydrogens (tertiary/aromatic N) is 3. The number of hydrogen-bond donors (Lipinski definition) is 0. The Balaban J connectivity index is 1.42. The van der Waals surface area contributed by atoms with Crippen molar-refractivity contribution >= 4 is 55.6 Å². The predicted molar refractivity (Wildman–Crippen MR) is 175 cm³/mol. The molecule has 0 bridgehead atoms. The molecular formula is C34H25BrClN3O4. The zero-order valence-corrected chi connectivity index (χ0v) is 25.4. The van der Waals surface area contributed by atoms with E-state index in [1.54, 1.807) is 61.9 Å². The molecule has 4 aromatic carbocycles. The summed E-state index contributed by atoms with van der Waals surface area (Å²) in [6.45, 7) is 4.27. The van der Waals surface area contributed by atoms with Crippen LogP contribution in [0.4, 0.5) is 0 Å². The molecule has 0 atom stereocenters. The van der Waals surface area contributed by atoms with Gasteiger partial charge in [0.15, 0.2) is 17.3 Å². The standard InChI is InChI=1S/C34H25BrClN3O4/c1-3-6-23-15-22(16-30(41-2)32(23)42-20-21-9-11-25(35)12-10-21)19-37-39-33(38-28-8-5-4-7-27(28)34(39)40)31-18-24-17-26(36)13-14-29(24)43-31/h3-5,7-19H,1,6,20H2,2H3. The third-order valence-corrected chi connectivity index (χ3v) is 7.57. The average Bonchev–Trinajstić information content (AvgIpc) is 3.44. The first-order valence-electron chi connectivity index (χ1n) is 13.4. The fourth-order valence-corrected chi connectivity index (χ4v) is 5.20. The second kappa shape index (κ2) is 12.3. The van der Waals surface area contributed by atoms with E-state index >= 15 is 0 Å². The number of aromatic nitrogens is 2. The summed E-state index contributed by atoms with van der Waals surface area (Å²) in [7, 11) is 1.59. The van der Waals surface area contributed by atoms with Gasteiger partial charge in [0, 0.05) is 20.4 Å². The summed E-state index contributed by atoms with van der Waals surface area (Å²) in [6.07, 6.45) is 3.93. The molecule has 2 aromatic heterocycles. The summed E-state index contributed by atoms with van der Waals surface area (Å²) in [5.74, 6) is 1.81. The van der Waals surface area contributed by atoms with E-state index < -0.39 is 0 Å². The van der Waals surface area contributed by atoms with Gasteiger partial charge in [-0.3, -0.25) is 4.79 Å². The van der Waals surface area contributed by atoms with E-state index in [2.05, 4.69) is 27.6 Å². The maximum atomic E-state index is 13.7. The highest BCUT2D eigenvalue weighted by molar-refractivity contribution is 9.10. The number of halogens is 2. The number of fused-ring (bicyclic) bond motifs is 2. The zero-order valence-electron chi connectivity index (χ0n) is 23.1. The molecular weight excluding hydrogens is 630 g/mol. The lowest BCUT2D eigenvalue weighted by atomic mass is 10.1. The normalized spacial score (nSPS) is 11.4. The van der Waals surface area contributed by atoms with Gasteiger partial charge in [0.05, 0.1) is 24.2 Å². The molecule has 0 unspecified atom stereocenters. The van der Waals surface area contributed by atoms with Gasteiger partial charge >= 0.3 is 0 Å². The van der Waals surface area contributed by atoms with Crippen molar-refractivity contribution in [3.8, 4) is 23.1 Å². The topological polar surface area (TPSA) is 78.9 Å². The molecule has 7 nitrogen and oxygen atoms in total. The smallest absolute Gasteiger partial charge is 0.282 e. The second-order valence-electron chi connectivity index (χ2n) is 9.73. The number of methoxy groups -OCH3 is 1. The molecule has 214 valence electrons. The molecule has 0 aliphatic heterocycles. The molecule has 0 amide bonds. The molecule has 0 aliphatic carbocycles. The van der Waals surface area contributed by atoms with Crippen molar-refractivity contribution in [2.24, 2.45) is 5.10 Å². The molecule has 2 heterocycles. The summed E-state index contributed by atoms with van der Waals surface area (Å²) >= 11 is 9.65. The third kappa shape index (κ3) is 5.98. The highest BCUT2D eigenvalue weighted by atomic mass is 79.9. The third-order valence-electron chi connectivity index (χ3n) is 6.81. The minimum Gasteiger partial charge on any atom is -0.493 e. The van der Waals surface area contributed by atoms with E-state index in [0.29, 0.717) is 57.4 Å². The molecule has 43 heavy (non-hydrogen) atoms. The van der Waals surface area contributed by atoms with Gasteiger partial charge in [-0.25, -0.2) is 4.98 Å². The molecule has 0 N–H and O–H groups in total. The van der Waals surface area contributed by atoms with Crippen molar-refractivity contribution in [2.45, 2.75) is 13.0 Å². The lowest BCUT2D eigenvalue weighted by Crippen LogP contribution is -2.20. The molecule has 0 spiro atoms. The van der Waals surface area contributed by atoms with Gasteiger partial charge in [0.2, 0.25) is 5.82 Å². The van der Waals surface area contributed by atoms with Crippen molar-refractivity contribution in [3.05, 3.63) is 134 Å². The number of hydrogen-bond acceptors (Lipinski definition) is 6. The average molecular weight is 655 g/mol. The molecule has 0 saturated heterocycles. The fourth-order valence-electron chi connectivity index (χ4n) is 4.76. The molecule has 6 rings (SSSR count). The van der Waals surface area contributed by atoms with Crippen molar-refractivity contribution in [1.29, 1.82) is 0 Å². The minimum absolute atomic E-state index is 0.264. The van der Waals surface area contributed by atoms with Gasteiger partial charge in [0.25, 0.3) is 5.56 Å². The Bertz CT molecular complexity index is 2070. The van der Waals surface area contributed by atoms with Crippen LogP contribution in [0.25, 0.3) is 33.5 Å². The van der Waals surface area contributed by atoms with Crippen LogP contribution < -0.4 is 15.0 Å². The predicted octanol–water partition coefficient (Wildman–Crippen LogP) is 8.42. The van der Waals surface area contributed by atoms with Crippen LogP contribution in [0.3, 0.4) is 0 Å². The van der Waals surface area contributed by atoms with E-state index in [1.165, 1.54) is 4.68 Å². The van der Waals surface area contributed by atoms with E-state index in [0.717, 1.165) is 21.0 Å². The molecule has 9 heteroatoms. The van der Waals surface area contributed by atoms with E-state index in [9.17, 15) is 4.79 Å². The van der Waals surface area contributed by atoms with Crippen LogP contribution in [0.2, 0.25) is 5.02 Å². The van der Waals surface area contributed by atoms with Crippen molar-refractivity contribution in [2.75, 3.05) is 7.11 Å². The Kier molecular flexibility index (Phi) is 8.13. The lowest BCUT2D eigenvalue weighted by Gasteiger charge is -2.16. The Morgan fingerprint density at radius 3 is 2.67 bits per heavy atom. The first-order valence-corrected chi connectivity index (χ1v) is 14.6. The largest absolute Gasteiger partial charge is 0.493 e. The molecule has 0 radical (unpaired) electrons. The van der Waals surface area contributed by atoms with Crippen LogP contribution in [-0.4, -0.2) is 23.0 Å². The molecule has 0 saturated carbocycles. The number of ether oxygens (including phenoxy) is 2. The lowest BCUT2D eigenvalue weighted by molar-refractivity contribution is 0.282. The van der Waals surface area contributed by atoms with Gasteiger partial charge in [-0.15, -0.1) is 6.58 Å².